The van der Waals surface area contributed by atoms with Crippen LogP contribution in [0.3, 0.4) is 0 Å². The molecule has 5 nitrogen and oxygen atoms in total. The highest BCUT2D eigenvalue weighted by Gasteiger charge is 2.21. The van der Waals surface area contributed by atoms with E-state index in [-0.39, 0.29) is 5.91 Å². The Labute approximate surface area is 106 Å². The Morgan fingerprint density at radius 1 is 1.41 bits per heavy atom. The minimum absolute atomic E-state index is 0.116. The van der Waals surface area contributed by atoms with Crippen molar-refractivity contribution < 1.29 is 4.79 Å². The summed E-state index contributed by atoms with van der Waals surface area (Å²) in [5.74, 6) is 0.694. The van der Waals surface area contributed by atoms with Gasteiger partial charge in [0.15, 0.2) is 0 Å². The predicted octanol–water partition coefficient (Wildman–Crippen LogP) is 2.55. The Morgan fingerprint density at radius 3 is 2.59 bits per heavy atom. The number of carbonyl (C=O) groups excluding carboxylic acids is 1. The fourth-order valence-corrected chi connectivity index (χ4v) is 1.21. The number of aromatic nitrogens is 2. The van der Waals surface area contributed by atoms with E-state index in [1.54, 1.807) is 0 Å². The molecule has 1 amide bonds. The van der Waals surface area contributed by atoms with Crippen LogP contribution in [-0.2, 0) is 4.79 Å². The first-order chi connectivity index (χ1) is 7.82. The van der Waals surface area contributed by atoms with Crippen molar-refractivity contribution in [3.05, 3.63) is 11.2 Å². The zero-order valence-electron chi connectivity index (χ0n) is 10.5. The first kappa shape index (κ1) is 13.7. The molecule has 94 valence electrons. The second kappa shape index (κ2) is 5.31. The maximum Gasteiger partial charge on any atom is 0.230 e. The van der Waals surface area contributed by atoms with E-state index in [1.165, 1.54) is 6.07 Å². The number of amides is 1. The smallest absolute Gasteiger partial charge is 0.230 e. The van der Waals surface area contributed by atoms with E-state index >= 15 is 0 Å². The largest absolute Gasteiger partial charge is 0.354 e. The number of hydrogen-bond acceptors (Lipinski definition) is 4. The molecular weight excluding hydrogens is 240 g/mol. The predicted molar refractivity (Wildman–Crippen MR) is 69.3 cm³/mol. The molecule has 0 saturated carbocycles. The number of rotatable bonds is 3. The van der Waals surface area contributed by atoms with Crippen LogP contribution in [0.5, 0.6) is 0 Å². The Hall–Kier alpha value is -1.36. The highest BCUT2D eigenvalue weighted by atomic mass is 35.5. The zero-order chi connectivity index (χ0) is 13.1. The second-order valence-corrected chi connectivity index (χ2v) is 5.02. The Morgan fingerprint density at radius 2 is 2.06 bits per heavy atom. The Kier molecular flexibility index (Phi) is 4.28. The highest BCUT2D eigenvalue weighted by Crippen LogP contribution is 2.19. The topological polar surface area (TPSA) is 66.9 Å². The summed E-state index contributed by atoms with van der Waals surface area (Å²) >= 11 is 5.84. The third-order valence-electron chi connectivity index (χ3n) is 1.95. The molecule has 0 aromatic carbocycles. The summed E-state index contributed by atoms with van der Waals surface area (Å²) in [5, 5.41) is 5.94. The van der Waals surface area contributed by atoms with Crippen LogP contribution in [0.4, 0.5) is 11.8 Å². The quantitative estimate of drug-likeness (QED) is 0.816. The van der Waals surface area contributed by atoms with Crippen LogP contribution in [0, 0.1) is 5.41 Å². The summed E-state index contributed by atoms with van der Waals surface area (Å²) in [7, 11) is 0. The maximum atomic E-state index is 11.8. The lowest BCUT2D eigenvalue weighted by Gasteiger charge is -2.17. The van der Waals surface area contributed by atoms with Gasteiger partial charge in [0.2, 0.25) is 11.9 Å². The van der Waals surface area contributed by atoms with Crippen LogP contribution < -0.4 is 10.6 Å². The van der Waals surface area contributed by atoms with Gasteiger partial charge in [0.05, 0.1) is 0 Å². The van der Waals surface area contributed by atoms with E-state index < -0.39 is 5.41 Å². The summed E-state index contributed by atoms with van der Waals surface area (Å²) in [6.45, 7) is 8.10. The van der Waals surface area contributed by atoms with Gasteiger partial charge in [-0.15, -0.1) is 0 Å². The monoisotopic (exact) mass is 256 g/mol. The van der Waals surface area contributed by atoms with Crippen molar-refractivity contribution >= 4 is 29.3 Å². The number of hydrogen-bond donors (Lipinski definition) is 2. The van der Waals surface area contributed by atoms with Gasteiger partial charge in [0.25, 0.3) is 0 Å². The van der Waals surface area contributed by atoms with Crippen molar-refractivity contribution in [1.82, 2.24) is 9.97 Å². The van der Waals surface area contributed by atoms with Crippen LogP contribution >= 0.6 is 11.6 Å². The molecule has 0 unspecified atom stereocenters. The van der Waals surface area contributed by atoms with Gasteiger partial charge in [-0.3, -0.25) is 4.79 Å². The van der Waals surface area contributed by atoms with Crippen LogP contribution in [0.1, 0.15) is 27.7 Å². The molecule has 1 aromatic rings. The third kappa shape index (κ3) is 4.19. The van der Waals surface area contributed by atoms with E-state index in [2.05, 4.69) is 20.6 Å². The first-order valence-corrected chi connectivity index (χ1v) is 5.80. The minimum atomic E-state index is -0.476. The number of carbonyl (C=O) groups is 1. The molecule has 1 heterocycles. The fourth-order valence-electron chi connectivity index (χ4n) is 1.02. The Balaban J connectivity index is 2.88. The third-order valence-corrected chi connectivity index (χ3v) is 2.15. The molecule has 0 atom stereocenters. The molecule has 0 aliphatic carbocycles. The Bertz CT molecular complexity index is 414. The highest BCUT2D eigenvalue weighted by molar-refractivity contribution is 6.29. The SMILES string of the molecule is CCNc1nc(Cl)cc(NC(=O)C(C)(C)C)n1. The molecule has 0 fully saturated rings. The van der Waals surface area contributed by atoms with Crippen molar-refractivity contribution in [2.24, 2.45) is 5.41 Å². The molecule has 0 radical (unpaired) electrons. The molecule has 0 saturated heterocycles. The van der Waals surface area contributed by atoms with Gasteiger partial charge < -0.3 is 10.6 Å². The van der Waals surface area contributed by atoms with Gasteiger partial charge in [0.1, 0.15) is 11.0 Å². The molecule has 0 bridgehead atoms. The zero-order valence-corrected chi connectivity index (χ0v) is 11.2. The van der Waals surface area contributed by atoms with E-state index in [0.29, 0.717) is 23.5 Å². The molecule has 0 spiro atoms. The van der Waals surface area contributed by atoms with Crippen molar-refractivity contribution in [3.8, 4) is 0 Å². The van der Waals surface area contributed by atoms with Gasteiger partial charge in [0, 0.05) is 18.0 Å². The lowest BCUT2D eigenvalue weighted by molar-refractivity contribution is -0.123. The maximum absolute atomic E-state index is 11.8. The molecule has 17 heavy (non-hydrogen) atoms. The lowest BCUT2D eigenvalue weighted by atomic mass is 9.96. The van der Waals surface area contributed by atoms with Gasteiger partial charge >= 0.3 is 0 Å². The summed E-state index contributed by atoms with van der Waals surface area (Å²) in [6, 6.07) is 1.52. The standard InChI is InChI=1S/C11H17ClN4O/c1-5-13-10-14-7(12)6-8(16-10)15-9(17)11(2,3)4/h6H,5H2,1-4H3,(H2,13,14,15,16,17). The van der Waals surface area contributed by atoms with E-state index in [1.807, 2.05) is 27.7 Å². The lowest BCUT2D eigenvalue weighted by Crippen LogP contribution is -2.28. The van der Waals surface area contributed by atoms with Crippen LogP contribution in [0.2, 0.25) is 5.15 Å². The summed E-state index contributed by atoms with van der Waals surface area (Å²) < 4.78 is 0. The van der Waals surface area contributed by atoms with Crippen molar-refractivity contribution in [2.75, 3.05) is 17.2 Å². The van der Waals surface area contributed by atoms with E-state index in [9.17, 15) is 4.79 Å². The minimum Gasteiger partial charge on any atom is -0.354 e. The molecule has 0 aliphatic rings. The van der Waals surface area contributed by atoms with E-state index in [0.717, 1.165) is 0 Å². The number of nitrogens with zero attached hydrogens (tertiary/aromatic N) is 2. The molecule has 1 aromatic heterocycles. The van der Waals surface area contributed by atoms with Crippen LogP contribution in [0.25, 0.3) is 0 Å². The normalized spacial score (nSPS) is 11.1. The second-order valence-electron chi connectivity index (χ2n) is 4.63. The number of nitrogens with one attached hydrogen (secondary N) is 2. The first-order valence-electron chi connectivity index (χ1n) is 5.43. The number of halogens is 1. The molecule has 1 rings (SSSR count). The molecule has 0 aliphatic heterocycles. The van der Waals surface area contributed by atoms with E-state index in [4.69, 9.17) is 11.6 Å². The van der Waals surface area contributed by atoms with Crippen molar-refractivity contribution in [1.29, 1.82) is 0 Å². The summed E-state index contributed by atoms with van der Waals surface area (Å²) in [6.07, 6.45) is 0. The van der Waals surface area contributed by atoms with Crippen LogP contribution in [-0.4, -0.2) is 22.4 Å². The molecule has 2 N–H and O–H groups in total. The molecule has 6 heteroatoms. The fraction of sp³-hybridized carbons (Fsp3) is 0.545. The summed E-state index contributed by atoms with van der Waals surface area (Å²) in [4.78, 5) is 19.9. The van der Waals surface area contributed by atoms with Crippen molar-refractivity contribution in [2.45, 2.75) is 27.7 Å². The summed E-state index contributed by atoms with van der Waals surface area (Å²) in [5.41, 5.74) is -0.476. The van der Waals surface area contributed by atoms with Crippen molar-refractivity contribution in [3.63, 3.8) is 0 Å². The number of anilines is 2. The van der Waals surface area contributed by atoms with Gasteiger partial charge in [-0.1, -0.05) is 32.4 Å². The van der Waals surface area contributed by atoms with Crippen LogP contribution in [0.15, 0.2) is 6.07 Å². The molecular formula is C11H17ClN4O. The average molecular weight is 257 g/mol. The average Bonchev–Trinajstić information content (AvgIpc) is 2.15. The van der Waals surface area contributed by atoms with Gasteiger partial charge in [-0.25, -0.2) is 4.98 Å². The van der Waals surface area contributed by atoms with Gasteiger partial charge in [-0.05, 0) is 6.92 Å². The van der Waals surface area contributed by atoms with Gasteiger partial charge in [-0.2, -0.15) is 4.98 Å².